The van der Waals surface area contributed by atoms with Gasteiger partial charge in [0, 0.05) is 52.3 Å². The molecule has 1 fully saturated rings. The van der Waals surface area contributed by atoms with E-state index in [9.17, 15) is 18.0 Å². The summed E-state index contributed by atoms with van der Waals surface area (Å²) in [6.07, 6.45) is 5.84. The summed E-state index contributed by atoms with van der Waals surface area (Å²) in [6, 6.07) is 16.4. The largest absolute Gasteiger partial charge is 0.490 e. The molecule has 10 nitrogen and oxygen atoms in total. The van der Waals surface area contributed by atoms with Crippen LogP contribution in [0.1, 0.15) is 45.8 Å². The minimum atomic E-state index is -3.09. The number of halogens is 2. The topological polar surface area (TPSA) is 120 Å². The quantitative estimate of drug-likeness (QED) is 0.166. The molecule has 2 heterocycles. The van der Waals surface area contributed by atoms with Gasteiger partial charge in [0.05, 0.1) is 24.2 Å². The van der Waals surface area contributed by atoms with Crippen LogP contribution in [0.15, 0.2) is 67.0 Å². The molecule has 1 aliphatic carbocycles. The molecule has 48 heavy (non-hydrogen) atoms. The molecule has 0 spiro atoms. The van der Waals surface area contributed by atoms with Gasteiger partial charge < -0.3 is 14.8 Å². The molecule has 1 saturated carbocycles. The van der Waals surface area contributed by atoms with Crippen molar-refractivity contribution >= 4 is 50.7 Å². The Kier molecular flexibility index (Phi) is 10.0. The van der Waals surface area contributed by atoms with Gasteiger partial charge in [0.25, 0.3) is 5.91 Å². The number of carbonyl (C=O) groups is 2. The highest BCUT2D eigenvalue weighted by Crippen LogP contribution is 2.57. The van der Waals surface area contributed by atoms with Crippen molar-refractivity contribution in [2.45, 2.75) is 32.2 Å². The van der Waals surface area contributed by atoms with Gasteiger partial charge in [0.15, 0.2) is 0 Å². The number of aromatic nitrogens is 2. The summed E-state index contributed by atoms with van der Waals surface area (Å²) >= 11 is 12.7. The summed E-state index contributed by atoms with van der Waals surface area (Å²) < 4.78 is 35.9. The molecule has 13 heteroatoms. The summed E-state index contributed by atoms with van der Waals surface area (Å²) in [7, 11) is -3.09. The minimum Gasteiger partial charge on any atom is -0.490 e. The van der Waals surface area contributed by atoms with Gasteiger partial charge in [-0.1, -0.05) is 41.4 Å². The molecule has 0 unspecified atom stereocenters. The monoisotopic (exact) mass is 710 g/mol. The van der Waals surface area contributed by atoms with E-state index in [1.54, 1.807) is 40.0 Å². The van der Waals surface area contributed by atoms with Crippen LogP contribution >= 0.6 is 23.2 Å². The van der Waals surface area contributed by atoms with E-state index >= 15 is 0 Å². The molecule has 1 aliphatic heterocycles. The van der Waals surface area contributed by atoms with Crippen LogP contribution < -0.4 is 15.0 Å². The number of hydrogen-bond acceptors (Lipinski definition) is 7. The van der Waals surface area contributed by atoms with E-state index in [2.05, 4.69) is 10.4 Å². The molecule has 6 rings (SSSR count). The van der Waals surface area contributed by atoms with Crippen molar-refractivity contribution < 1.29 is 27.5 Å². The van der Waals surface area contributed by atoms with Gasteiger partial charge >= 0.3 is 6.09 Å². The average Bonchev–Trinajstić information content (AvgIpc) is 3.70. The highest BCUT2D eigenvalue weighted by Gasteiger charge is 2.48. The Balaban J connectivity index is 1.12. The fourth-order valence-corrected chi connectivity index (χ4v) is 7.09. The highest BCUT2D eigenvalue weighted by molar-refractivity contribution is 7.90. The molecular formula is C35H36Cl2N4O6S. The number of carbonyl (C=O) groups excluding carboxylic acids is 2. The number of hydrogen-bond donors (Lipinski definition) is 1. The van der Waals surface area contributed by atoms with Crippen LogP contribution in [0.2, 0.25) is 10.0 Å². The molecule has 4 aromatic rings. The Morgan fingerprint density at radius 1 is 1.06 bits per heavy atom. The lowest BCUT2D eigenvalue weighted by atomic mass is 9.93. The summed E-state index contributed by atoms with van der Waals surface area (Å²) in [5.41, 5.74) is 5.86. The third kappa shape index (κ3) is 7.80. The van der Waals surface area contributed by atoms with Crippen LogP contribution in [-0.4, -0.2) is 68.5 Å². The zero-order chi connectivity index (χ0) is 34.0. The fraction of sp³-hybridized carbons (Fsp3) is 0.343. The van der Waals surface area contributed by atoms with Crippen molar-refractivity contribution in [3.05, 3.63) is 99.3 Å². The first-order chi connectivity index (χ1) is 23.0. The van der Waals surface area contributed by atoms with Gasteiger partial charge in [-0.15, -0.1) is 0 Å². The molecule has 0 bridgehead atoms. The number of fused-ring (bicyclic) bond motifs is 3. The van der Waals surface area contributed by atoms with Crippen LogP contribution in [0.4, 0.5) is 10.5 Å². The molecule has 2 amide bonds. The van der Waals surface area contributed by atoms with Gasteiger partial charge in [-0.2, -0.15) is 5.10 Å². The lowest BCUT2D eigenvalue weighted by Gasteiger charge is -2.29. The fourth-order valence-electron chi connectivity index (χ4n) is 6.08. The summed E-state index contributed by atoms with van der Waals surface area (Å²) in [6.45, 7) is 3.39. The Hall–Kier alpha value is -4.06. The highest BCUT2D eigenvalue weighted by atomic mass is 35.5. The first kappa shape index (κ1) is 33.8. The zero-order valence-electron chi connectivity index (χ0n) is 26.6. The van der Waals surface area contributed by atoms with E-state index in [0.29, 0.717) is 52.7 Å². The third-order valence-corrected chi connectivity index (χ3v) is 10.5. The zero-order valence-corrected chi connectivity index (χ0v) is 28.9. The molecule has 0 radical (unpaired) electrons. The molecule has 1 N–H and O–H groups in total. The number of amides is 2. The van der Waals surface area contributed by atoms with E-state index in [1.165, 1.54) is 6.26 Å². The maximum absolute atomic E-state index is 13.3. The molecular weight excluding hydrogens is 675 g/mol. The second-order valence-corrected chi connectivity index (χ2v) is 15.3. The lowest BCUT2D eigenvalue weighted by molar-refractivity contribution is 0.0953. The number of nitrogens with one attached hydrogen (secondary N) is 1. The van der Waals surface area contributed by atoms with E-state index < -0.39 is 15.9 Å². The van der Waals surface area contributed by atoms with Crippen LogP contribution in [0.3, 0.4) is 0 Å². The number of anilines is 1. The number of benzene rings is 3. The summed E-state index contributed by atoms with van der Waals surface area (Å²) in [5.74, 6) is 1.09. The second-order valence-electron chi connectivity index (χ2n) is 12.2. The van der Waals surface area contributed by atoms with E-state index in [4.69, 9.17) is 32.7 Å². The van der Waals surface area contributed by atoms with E-state index in [-0.39, 0.29) is 31.4 Å². The van der Waals surface area contributed by atoms with Gasteiger partial charge in [0.2, 0.25) is 0 Å². The molecule has 1 aromatic heterocycles. The molecule has 0 saturated heterocycles. The molecule has 2 aliphatic rings. The van der Waals surface area contributed by atoms with Crippen LogP contribution in [0.5, 0.6) is 5.75 Å². The number of nitrogens with zero attached hydrogens (tertiary/aromatic N) is 3. The van der Waals surface area contributed by atoms with Crippen LogP contribution in [-0.2, 0) is 21.1 Å². The maximum atomic E-state index is 13.3. The first-order valence-corrected chi connectivity index (χ1v) is 18.5. The molecule has 252 valence electrons. The van der Waals surface area contributed by atoms with Crippen molar-refractivity contribution in [2.24, 2.45) is 5.92 Å². The van der Waals surface area contributed by atoms with E-state index in [1.807, 2.05) is 43.5 Å². The number of ether oxygens (including phenoxy) is 2. The SMILES string of the molecule is Cc1c(Cl)cccc1OCCOC(=O)N1C[C@@H]2C[C@@H]2c2c(-c3cnn(Cc4cc(C(=O)NCCCS(C)(=O)=O)ccc4Cl)c3)cccc21. The smallest absolute Gasteiger partial charge is 0.414 e. The summed E-state index contributed by atoms with van der Waals surface area (Å²) in [4.78, 5) is 27.7. The normalized spacial score (nSPS) is 16.5. The van der Waals surface area contributed by atoms with E-state index in [0.717, 1.165) is 39.9 Å². The van der Waals surface area contributed by atoms with Gasteiger partial charge in [0.1, 0.15) is 28.8 Å². The van der Waals surface area contributed by atoms with Crippen molar-refractivity contribution in [3.8, 4) is 16.9 Å². The van der Waals surface area contributed by atoms with Crippen molar-refractivity contribution in [3.63, 3.8) is 0 Å². The maximum Gasteiger partial charge on any atom is 0.414 e. The van der Waals surface area contributed by atoms with Crippen molar-refractivity contribution in [2.75, 3.05) is 43.2 Å². The van der Waals surface area contributed by atoms with Crippen LogP contribution in [0, 0.1) is 12.8 Å². The third-order valence-electron chi connectivity index (χ3n) is 8.65. The summed E-state index contributed by atoms with van der Waals surface area (Å²) in [5, 5.41) is 8.47. The van der Waals surface area contributed by atoms with Crippen molar-refractivity contribution in [1.29, 1.82) is 0 Å². The average molecular weight is 712 g/mol. The van der Waals surface area contributed by atoms with Gasteiger partial charge in [-0.05, 0) is 84.7 Å². The number of sulfone groups is 1. The van der Waals surface area contributed by atoms with Gasteiger partial charge in [-0.25, -0.2) is 13.2 Å². The Morgan fingerprint density at radius 2 is 1.88 bits per heavy atom. The number of rotatable bonds is 12. The molecule has 2 atom stereocenters. The molecule has 3 aromatic carbocycles. The second kappa shape index (κ2) is 14.2. The van der Waals surface area contributed by atoms with Crippen molar-refractivity contribution in [1.82, 2.24) is 15.1 Å². The predicted octanol–water partition coefficient (Wildman–Crippen LogP) is 6.52. The Morgan fingerprint density at radius 3 is 2.69 bits per heavy atom. The Bertz CT molecular complexity index is 1960. The standard InChI is InChI=1S/C35H36Cl2N4O6S/c1-22-29(36)7-4-9-32(22)46-13-14-47-35(43)41-21-24-17-28(24)33-27(6-3-8-31(33)41)26-18-39-40(20-26)19-25-16-23(10-11-30(25)37)34(42)38-12-5-15-48(2,44)45/h3-4,6-11,16,18,20,24,28H,5,12-15,17,19,21H2,1-2H3,(H,38,42)/t24-,28-/m0/s1. The Labute approximate surface area is 289 Å². The van der Waals surface area contributed by atoms with Gasteiger partial charge in [-0.3, -0.25) is 14.4 Å². The first-order valence-electron chi connectivity index (χ1n) is 15.7. The lowest BCUT2D eigenvalue weighted by Crippen LogP contribution is -2.37. The van der Waals surface area contributed by atoms with Crippen LogP contribution in [0.25, 0.3) is 11.1 Å². The predicted molar refractivity (Wildman–Crippen MR) is 186 cm³/mol. The minimum absolute atomic E-state index is 0.00960.